The molecule has 1 aliphatic carbocycles. The van der Waals surface area contributed by atoms with Crippen molar-refractivity contribution >= 4 is 12.1 Å². The number of aryl methyl sites for hydroxylation is 1. The van der Waals surface area contributed by atoms with Crippen LogP contribution in [-0.4, -0.2) is 18.7 Å². The van der Waals surface area contributed by atoms with Gasteiger partial charge in [0.1, 0.15) is 17.3 Å². The third-order valence-electron chi connectivity index (χ3n) is 4.21. The minimum atomic E-state index is -0.312. The van der Waals surface area contributed by atoms with Gasteiger partial charge in [-0.3, -0.25) is 4.79 Å². The van der Waals surface area contributed by atoms with Crippen LogP contribution in [0, 0.1) is 5.92 Å². The average molecular weight is 326 g/mol. The molecule has 1 amide bonds. The number of hydrogen-bond donors (Lipinski definition) is 1. The highest BCUT2D eigenvalue weighted by atomic mass is 16.5. The van der Waals surface area contributed by atoms with Crippen LogP contribution >= 0.6 is 0 Å². The number of carbonyl (C=O) groups excluding carboxylic acids is 1. The predicted molar refractivity (Wildman–Crippen MR) is 92.3 cm³/mol. The lowest BCUT2D eigenvalue weighted by molar-refractivity contribution is -0.123. The summed E-state index contributed by atoms with van der Waals surface area (Å²) >= 11 is 0. The van der Waals surface area contributed by atoms with Crippen molar-refractivity contribution in [3.8, 4) is 5.75 Å². The van der Waals surface area contributed by atoms with Crippen LogP contribution in [0.4, 0.5) is 0 Å². The fraction of sp³-hybridized carbons (Fsp3) is 0.368. The Morgan fingerprint density at radius 1 is 1.33 bits per heavy atom. The molecule has 0 spiro atoms. The van der Waals surface area contributed by atoms with E-state index in [1.165, 1.54) is 18.2 Å². The third-order valence-corrected chi connectivity index (χ3v) is 4.21. The summed E-state index contributed by atoms with van der Waals surface area (Å²) in [6.07, 6.45) is 3.66. The number of carbonyl (C=O) groups is 1. The minimum Gasteiger partial charge on any atom is -0.484 e. The summed E-state index contributed by atoms with van der Waals surface area (Å²) in [5.74, 6) is 3.22. The lowest BCUT2D eigenvalue weighted by atomic mass is 10.2. The van der Waals surface area contributed by atoms with E-state index < -0.39 is 0 Å². The normalized spacial score (nSPS) is 19.4. The number of hydrazone groups is 1. The maximum absolute atomic E-state index is 11.7. The fourth-order valence-corrected chi connectivity index (χ4v) is 2.53. The Morgan fingerprint density at radius 3 is 2.75 bits per heavy atom. The topological polar surface area (TPSA) is 63.8 Å². The highest BCUT2D eigenvalue weighted by Gasteiger charge is 2.36. The molecule has 126 valence electrons. The van der Waals surface area contributed by atoms with E-state index >= 15 is 0 Å². The quantitative estimate of drug-likeness (QED) is 0.626. The van der Waals surface area contributed by atoms with Crippen LogP contribution in [-0.2, 0) is 11.2 Å². The van der Waals surface area contributed by atoms with Gasteiger partial charge in [0.2, 0.25) is 0 Å². The predicted octanol–water partition coefficient (Wildman–Crippen LogP) is 3.49. The Bertz CT molecular complexity index is 718. The Labute approximate surface area is 141 Å². The smallest absolute Gasteiger partial charge is 0.277 e. The van der Waals surface area contributed by atoms with Crippen LogP contribution in [0.3, 0.4) is 0 Å². The zero-order chi connectivity index (χ0) is 16.9. The summed E-state index contributed by atoms with van der Waals surface area (Å²) in [7, 11) is 0. The molecule has 1 aliphatic rings. The maximum Gasteiger partial charge on any atom is 0.277 e. The zero-order valence-electron chi connectivity index (χ0n) is 14.0. The first-order chi connectivity index (χ1) is 11.7. The van der Waals surface area contributed by atoms with E-state index in [0.717, 1.165) is 12.2 Å². The molecule has 0 aliphatic heterocycles. The van der Waals surface area contributed by atoms with Gasteiger partial charge in [0.25, 0.3) is 5.91 Å². The van der Waals surface area contributed by atoms with Crippen LogP contribution < -0.4 is 10.2 Å². The first-order valence-corrected chi connectivity index (χ1v) is 8.29. The van der Waals surface area contributed by atoms with Gasteiger partial charge in [-0.2, -0.15) is 5.10 Å². The molecule has 0 bridgehead atoms. The number of rotatable bonds is 7. The second-order valence-electron chi connectivity index (χ2n) is 6.14. The van der Waals surface area contributed by atoms with Crippen molar-refractivity contribution in [1.82, 2.24) is 5.43 Å². The van der Waals surface area contributed by atoms with E-state index in [0.29, 0.717) is 23.3 Å². The summed E-state index contributed by atoms with van der Waals surface area (Å²) in [5, 5.41) is 3.90. The van der Waals surface area contributed by atoms with Crippen LogP contribution in [0.1, 0.15) is 43.3 Å². The Balaban J connectivity index is 1.42. The van der Waals surface area contributed by atoms with Gasteiger partial charge >= 0.3 is 0 Å². The minimum absolute atomic E-state index is 0.0776. The monoisotopic (exact) mass is 326 g/mol. The van der Waals surface area contributed by atoms with Gasteiger partial charge in [-0.25, -0.2) is 5.43 Å². The van der Waals surface area contributed by atoms with Crippen LogP contribution in [0.15, 0.2) is 45.9 Å². The molecule has 0 saturated heterocycles. The number of benzene rings is 1. The molecule has 24 heavy (non-hydrogen) atoms. The summed E-state index contributed by atoms with van der Waals surface area (Å²) in [5.41, 5.74) is 3.66. The van der Waals surface area contributed by atoms with Gasteiger partial charge in [-0.15, -0.1) is 0 Å². The number of nitrogens with zero attached hydrogens (tertiary/aromatic N) is 1. The van der Waals surface area contributed by atoms with E-state index in [-0.39, 0.29) is 12.5 Å². The molecule has 1 aromatic heterocycles. The molecule has 2 atom stereocenters. The Kier molecular flexibility index (Phi) is 4.99. The number of hydrogen-bond acceptors (Lipinski definition) is 4. The molecule has 0 radical (unpaired) electrons. The molecule has 1 N–H and O–H groups in total. The van der Waals surface area contributed by atoms with Gasteiger partial charge in [-0.05, 0) is 48.6 Å². The maximum atomic E-state index is 11.7. The molecular weight excluding hydrogens is 304 g/mol. The molecule has 3 rings (SSSR count). The van der Waals surface area contributed by atoms with Gasteiger partial charge in [0.15, 0.2) is 6.61 Å². The molecule has 2 aromatic rings. The Hall–Kier alpha value is -2.56. The largest absolute Gasteiger partial charge is 0.484 e. The van der Waals surface area contributed by atoms with Gasteiger partial charge in [-0.1, -0.05) is 26.0 Å². The van der Waals surface area contributed by atoms with Crippen molar-refractivity contribution in [2.45, 2.75) is 32.6 Å². The molecule has 0 unspecified atom stereocenters. The average Bonchev–Trinajstić information content (AvgIpc) is 3.14. The fourth-order valence-electron chi connectivity index (χ4n) is 2.53. The number of ether oxygens (including phenoxy) is 1. The second-order valence-corrected chi connectivity index (χ2v) is 6.14. The van der Waals surface area contributed by atoms with Crippen molar-refractivity contribution in [2.75, 3.05) is 6.61 Å². The SMILES string of the molecule is CCc1ccc(OCC(=O)N/N=C\c2ccc([C@H]3C[C@H]3C)o2)cc1. The molecule has 1 saturated carbocycles. The van der Waals surface area contributed by atoms with Gasteiger partial charge in [0.05, 0.1) is 6.21 Å². The van der Waals surface area contributed by atoms with Crippen LogP contribution in [0.25, 0.3) is 0 Å². The van der Waals surface area contributed by atoms with E-state index in [1.54, 1.807) is 0 Å². The molecule has 5 nitrogen and oxygen atoms in total. The first-order valence-electron chi connectivity index (χ1n) is 8.29. The highest BCUT2D eigenvalue weighted by Crippen LogP contribution is 2.47. The molecule has 1 heterocycles. The second kappa shape index (κ2) is 7.34. The standard InChI is InChI=1S/C19H22N2O3/c1-3-14-4-6-15(7-5-14)23-12-19(22)21-20-11-16-8-9-18(24-16)17-10-13(17)2/h4-9,11,13,17H,3,10,12H2,1-2H3,(H,21,22)/b20-11-/t13-,17+/m1/s1. The molecule has 5 heteroatoms. The van der Waals surface area contributed by atoms with Crippen molar-refractivity contribution in [2.24, 2.45) is 11.0 Å². The highest BCUT2D eigenvalue weighted by molar-refractivity contribution is 5.81. The lowest BCUT2D eigenvalue weighted by Gasteiger charge is -2.05. The summed E-state index contributed by atoms with van der Waals surface area (Å²) < 4.78 is 11.1. The van der Waals surface area contributed by atoms with Crippen molar-refractivity contribution in [1.29, 1.82) is 0 Å². The lowest BCUT2D eigenvalue weighted by Crippen LogP contribution is -2.24. The van der Waals surface area contributed by atoms with Crippen molar-refractivity contribution in [3.05, 3.63) is 53.5 Å². The summed E-state index contributed by atoms with van der Waals surface area (Å²) in [6, 6.07) is 11.5. The molecular formula is C19H22N2O3. The van der Waals surface area contributed by atoms with E-state index in [1.807, 2.05) is 36.4 Å². The van der Waals surface area contributed by atoms with Crippen LogP contribution in [0.5, 0.6) is 5.75 Å². The Morgan fingerprint density at radius 2 is 2.08 bits per heavy atom. The van der Waals surface area contributed by atoms with Gasteiger partial charge in [0, 0.05) is 5.92 Å². The molecule has 1 aromatic carbocycles. The van der Waals surface area contributed by atoms with E-state index in [2.05, 4.69) is 24.4 Å². The van der Waals surface area contributed by atoms with E-state index in [9.17, 15) is 4.79 Å². The number of nitrogens with one attached hydrogen (secondary N) is 1. The van der Waals surface area contributed by atoms with Gasteiger partial charge < -0.3 is 9.15 Å². The van der Waals surface area contributed by atoms with Crippen molar-refractivity contribution < 1.29 is 13.9 Å². The van der Waals surface area contributed by atoms with Crippen molar-refractivity contribution in [3.63, 3.8) is 0 Å². The number of furan rings is 1. The summed E-state index contributed by atoms with van der Waals surface area (Å²) in [6.45, 7) is 4.22. The zero-order valence-corrected chi connectivity index (χ0v) is 14.0. The third kappa shape index (κ3) is 4.25. The molecule has 1 fully saturated rings. The first kappa shape index (κ1) is 16.3. The number of amides is 1. The van der Waals surface area contributed by atoms with Crippen LogP contribution in [0.2, 0.25) is 0 Å². The van der Waals surface area contributed by atoms with E-state index in [4.69, 9.17) is 9.15 Å². The summed E-state index contributed by atoms with van der Waals surface area (Å²) in [4.78, 5) is 11.7.